The first kappa shape index (κ1) is 9.97. The lowest BCUT2D eigenvalue weighted by Crippen LogP contribution is -2.11. The Kier molecular flexibility index (Phi) is 2.86. The van der Waals surface area contributed by atoms with Crippen LogP contribution in [0.4, 0.5) is 0 Å². The van der Waals surface area contributed by atoms with Gasteiger partial charge < -0.3 is 0 Å². The first-order chi connectivity index (χ1) is 7.33. The smallest absolute Gasteiger partial charge is 0.232 e. The van der Waals surface area contributed by atoms with E-state index in [2.05, 4.69) is 14.7 Å². The highest BCUT2D eigenvalue weighted by molar-refractivity contribution is 7.03. The Morgan fingerprint density at radius 1 is 1.60 bits per heavy atom. The van der Waals surface area contributed by atoms with Crippen molar-refractivity contribution in [2.24, 2.45) is 0 Å². The summed E-state index contributed by atoms with van der Waals surface area (Å²) in [6, 6.07) is 1.71. The predicted molar refractivity (Wildman–Crippen MR) is 55.9 cm³/mol. The Hall–Kier alpha value is -1.56. The molecule has 0 aromatic carbocycles. The third kappa shape index (κ3) is 1.94. The highest BCUT2D eigenvalue weighted by Gasteiger charge is 2.16. The summed E-state index contributed by atoms with van der Waals surface area (Å²) in [5.41, 5.74) is 0.961. The molecule has 2 aromatic rings. The van der Waals surface area contributed by atoms with Gasteiger partial charge in [-0.05, 0) is 24.0 Å². The molecule has 78 valence electrons. The molecule has 0 bridgehead atoms. The van der Waals surface area contributed by atoms with Crippen molar-refractivity contribution in [1.82, 2.24) is 19.4 Å². The molecule has 0 N–H and O–H groups in total. The van der Waals surface area contributed by atoms with Crippen molar-refractivity contribution in [3.63, 3.8) is 0 Å². The number of aryl methyl sites for hydroxylation is 1. The summed E-state index contributed by atoms with van der Waals surface area (Å²) < 4.78 is 5.37. The van der Waals surface area contributed by atoms with Crippen molar-refractivity contribution >= 4 is 17.3 Å². The zero-order valence-electron chi connectivity index (χ0n) is 8.25. The first-order valence-electron chi connectivity index (χ1n) is 4.66. The van der Waals surface area contributed by atoms with E-state index in [4.69, 9.17) is 0 Å². The minimum Gasteiger partial charge on any atom is -0.285 e. The van der Waals surface area contributed by atoms with Crippen LogP contribution in [0.25, 0.3) is 0 Å². The molecule has 2 rings (SSSR count). The van der Waals surface area contributed by atoms with Gasteiger partial charge in [0.05, 0.1) is 0 Å². The van der Waals surface area contributed by atoms with E-state index in [1.807, 2.05) is 6.92 Å². The molecule has 0 saturated heterocycles. The molecule has 0 atom stereocenters. The molecule has 2 aromatic heterocycles. The van der Waals surface area contributed by atoms with Crippen LogP contribution in [0, 0.1) is 0 Å². The minimum atomic E-state index is -0.116. The van der Waals surface area contributed by atoms with E-state index in [9.17, 15) is 4.79 Å². The van der Waals surface area contributed by atoms with Crippen LogP contribution in [-0.4, -0.2) is 25.2 Å². The third-order valence-corrected chi connectivity index (χ3v) is 2.48. The van der Waals surface area contributed by atoms with E-state index >= 15 is 0 Å². The van der Waals surface area contributed by atoms with E-state index in [1.54, 1.807) is 22.3 Å². The highest BCUT2D eigenvalue weighted by Crippen LogP contribution is 2.08. The van der Waals surface area contributed by atoms with E-state index in [1.165, 1.54) is 11.5 Å². The first-order valence-corrected chi connectivity index (χ1v) is 5.50. The van der Waals surface area contributed by atoms with Crippen molar-refractivity contribution < 1.29 is 4.79 Å². The Balaban J connectivity index is 2.29. The minimum absolute atomic E-state index is 0.116. The van der Waals surface area contributed by atoms with Gasteiger partial charge in [-0.15, -0.1) is 5.10 Å². The molecule has 6 heteroatoms. The molecular formula is C9H10N4OS. The second kappa shape index (κ2) is 4.31. The number of hydrogen-bond acceptors (Lipinski definition) is 5. The van der Waals surface area contributed by atoms with Crippen molar-refractivity contribution in [3.05, 3.63) is 29.0 Å². The number of rotatable bonds is 4. The lowest BCUT2D eigenvalue weighted by Gasteiger charge is -2.02. The largest absolute Gasteiger partial charge is 0.285 e. The number of aromatic nitrogens is 4. The average molecular weight is 222 g/mol. The van der Waals surface area contributed by atoms with Crippen molar-refractivity contribution in [2.75, 3.05) is 0 Å². The second-order valence-corrected chi connectivity index (χ2v) is 3.67. The molecule has 0 radical (unpaired) electrons. The molecule has 2 heterocycles. The zero-order chi connectivity index (χ0) is 10.7. The number of carbonyl (C=O) groups excluding carboxylic acids is 1. The summed E-state index contributed by atoms with van der Waals surface area (Å²) >= 11 is 1.17. The van der Waals surface area contributed by atoms with Gasteiger partial charge in [-0.2, -0.15) is 5.10 Å². The Labute approximate surface area is 90.9 Å². The van der Waals surface area contributed by atoms with Crippen molar-refractivity contribution in [2.45, 2.75) is 19.9 Å². The van der Waals surface area contributed by atoms with E-state index in [0.29, 0.717) is 11.4 Å². The van der Waals surface area contributed by atoms with Crippen LogP contribution in [0.3, 0.4) is 0 Å². The van der Waals surface area contributed by atoms with Crippen LogP contribution >= 0.6 is 11.5 Å². The molecule has 0 saturated carbocycles. The number of nitrogens with zero attached hydrogens (tertiary/aromatic N) is 4. The van der Waals surface area contributed by atoms with Crippen LogP contribution in [0.2, 0.25) is 0 Å². The number of hydrogen-bond donors (Lipinski definition) is 0. The quantitative estimate of drug-likeness (QED) is 0.733. The van der Waals surface area contributed by atoms with Gasteiger partial charge in [0.2, 0.25) is 5.78 Å². The summed E-state index contributed by atoms with van der Waals surface area (Å²) in [6.45, 7) is 2.78. The van der Waals surface area contributed by atoms with Crippen LogP contribution in [-0.2, 0) is 6.54 Å². The molecular weight excluding hydrogens is 212 g/mol. The van der Waals surface area contributed by atoms with Gasteiger partial charge in [0, 0.05) is 18.1 Å². The number of carbonyl (C=O) groups is 1. The lowest BCUT2D eigenvalue weighted by molar-refractivity contribution is 0.102. The maximum Gasteiger partial charge on any atom is 0.232 e. The summed E-state index contributed by atoms with van der Waals surface area (Å²) in [4.78, 5) is 11.9. The Morgan fingerprint density at radius 2 is 2.47 bits per heavy atom. The van der Waals surface area contributed by atoms with Crippen LogP contribution in [0.1, 0.15) is 29.5 Å². The Morgan fingerprint density at radius 3 is 3.13 bits per heavy atom. The lowest BCUT2D eigenvalue weighted by atomic mass is 10.2. The van der Waals surface area contributed by atoms with E-state index in [0.717, 1.165) is 13.0 Å². The monoisotopic (exact) mass is 222 g/mol. The molecule has 0 aliphatic heterocycles. The van der Waals surface area contributed by atoms with Gasteiger partial charge >= 0.3 is 0 Å². The molecule has 0 amide bonds. The maximum absolute atomic E-state index is 11.9. The average Bonchev–Trinajstić information content (AvgIpc) is 2.87. The van der Waals surface area contributed by atoms with Crippen molar-refractivity contribution in [3.8, 4) is 0 Å². The van der Waals surface area contributed by atoms with E-state index in [-0.39, 0.29) is 5.78 Å². The van der Waals surface area contributed by atoms with Gasteiger partial charge in [-0.25, -0.2) is 0 Å². The highest BCUT2D eigenvalue weighted by atomic mass is 32.1. The van der Waals surface area contributed by atoms with Crippen LogP contribution < -0.4 is 0 Å². The van der Waals surface area contributed by atoms with E-state index < -0.39 is 0 Å². The summed E-state index contributed by atoms with van der Waals surface area (Å²) in [6.07, 6.45) is 2.57. The topological polar surface area (TPSA) is 60.7 Å². The molecule has 15 heavy (non-hydrogen) atoms. The normalized spacial score (nSPS) is 10.5. The summed E-state index contributed by atoms with van der Waals surface area (Å²) in [7, 11) is 0. The summed E-state index contributed by atoms with van der Waals surface area (Å²) in [5, 5.41) is 9.48. The van der Waals surface area contributed by atoms with Crippen LogP contribution in [0.15, 0.2) is 17.6 Å². The summed E-state index contributed by atoms with van der Waals surface area (Å²) in [5.74, 6) is -0.116. The molecule has 0 aliphatic carbocycles. The van der Waals surface area contributed by atoms with Gasteiger partial charge in [0.25, 0.3) is 0 Å². The molecule has 5 nitrogen and oxygen atoms in total. The van der Waals surface area contributed by atoms with Crippen LogP contribution in [0.5, 0.6) is 0 Å². The fraction of sp³-hybridized carbons (Fsp3) is 0.333. The van der Waals surface area contributed by atoms with Gasteiger partial charge in [-0.3, -0.25) is 9.48 Å². The fourth-order valence-electron chi connectivity index (χ4n) is 1.31. The zero-order valence-corrected chi connectivity index (χ0v) is 9.07. The molecule has 0 spiro atoms. The third-order valence-electron chi connectivity index (χ3n) is 1.98. The van der Waals surface area contributed by atoms with Gasteiger partial charge in [0.15, 0.2) is 0 Å². The maximum atomic E-state index is 11.9. The molecule has 0 unspecified atom stereocenters. The van der Waals surface area contributed by atoms with Gasteiger partial charge in [0.1, 0.15) is 11.4 Å². The molecule has 0 fully saturated rings. The van der Waals surface area contributed by atoms with Gasteiger partial charge in [-0.1, -0.05) is 11.4 Å². The van der Waals surface area contributed by atoms with Crippen molar-refractivity contribution in [1.29, 1.82) is 0 Å². The predicted octanol–water partition coefficient (Wildman–Crippen LogP) is 1.38. The Bertz CT molecular complexity index is 448. The number of ketones is 1. The standard InChI is InChI=1S/C9H10N4OS/c1-2-5-13-8(3-4-10-13)9(14)7-6-15-12-11-7/h3-4,6H,2,5H2,1H3. The molecule has 0 aliphatic rings. The SMILES string of the molecule is CCCn1nccc1C(=O)c1csnn1. The fourth-order valence-corrected chi connectivity index (χ4v) is 1.75. The second-order valence-electron chi connectivity index (χ2n) is 3.06.